The number of carbonyl (C=O) groups is 1. The molecule has 1 spiro atoms. The molecular formula is C26H39N3O3. The first-order chi connectivity index (χ1) is 15.5. The molecule has 1 aliphatic carbocycles. The van der Waals surface area contributed by atoms with E-state index in [-0.39, 0.29) is 11.6 Å². The Bertz CT molecular complexity index is 807. The highest BCUT2D eigenvalue weighted by molar-refractivity contribution is 5.73. The monoisotopic (exact) mass is 441 g/mol. The zero-order valence-corrected chi connectivity index (χ0v) is 19.9. The second-order valence-corrected chi connectivity index (χ2v) is 10.6. The van der Waals surface area contributed by atoms with Crippen LogP contribution in [-0.4, -0.2) is 79.3 Å². The fourth-order valence-electron chi connectivity index (χ4n) is 5.78. The smallest absolute Gasteiger partial charge is 0.319 e. The Morgan fingerprint density at radius 1 is 1.09 bits per heavy atom. The van der Waals surface area contributed by atoms with Gasteiger partial charge in [-0.25, -0.2) is 4.79 Å². The Hall–Kier alpha value is -1.95. The number of carbonyl (C=O) groups excluding carboxylic acids is 1. The molecule has 6 heteroatoms. The van der Waals surface area contributed by atoms with Gasteiger partial charge in [0.15, 0.2) is 0 Å². The number of aryl methyl sites for hydroxylation is 1. The van der Waals surface area contributed by atoms with Crippen LogP contribution in [0.3, 0.4) is 0 Å². The van der Waals surface area contributed by atoms with Gasteiger partial charge in [-0.2, -0.15) is 0 Å². The first-order valence-corrected chi connectivity index (χ1v) is 12.7. The van der Waals surface area contributed by atoms with Gasteiger partial charge in [0.2, 0.25) is 0 Å². The van der Waals surface area contributed by atoms with Crippen LogP contribution >= 0.6 is 0 Å². The van der Waals surface area contributed by atoms with Crippen LogP contribution in [0.15, 0.2) is 18.2 Å². The van der Waals surface area contributed by atoms with Crippen molar-refractivity contribution in [1.29, 1.82) is 0 Å². The van der Waals surface area contributed by atoms with Gasteiger partial charge < -0.3 is 24.2 Å². The molecule has 32 heavy (non-hydrogen) atoms. The number of nitrogens with zero attached hydrogens (tertiary/aromatic N) is 3. The molecule has 1 aromatic carbocycles. The van der Waals surface area contributed by atoms with Gasteiger partial charge in [0, 0.05) is 46.3 Å². The highest BCUT2D eigenvalue weighted by Crippen LogP contribution is 2.42. The Balaban J connectivity index is 1.11. The van der Waals surface area contributed by atoms with Crippen molar-refractivity contribution >= 4 is 6.03 Å². The lowest BCUT2D eigenvalue weighted by atomic mass is 9.81. The number of likely N-dealkylation sites (tertiary alicyclic amines) is 2. The summed E-state index contributed by atoms with van der Waals surface area (Å²) in [6.07, 6.45) is 10.8. The number of piperidine rings is 2. The normalized spacial score (nSPS) is 23.9. The first-order valence-electron chi connectivity index (χ1n) is 12.7. The van der Waals surface area contributed by atoms with E-state index in [9.17, 15) is 4.79 Å². The van der Waals surface area contributed by atoms with Crippen molar-refractivity contribution in [1.82, 2.24) is 14.7 Å². The molecule has 0 aromatic heterocycles. The van der Waals surface area contributed by atoms with Crippen LogP contribution in [0.25, 0.3) is 0 Å². The van der Waals surface area contributed by atoms with Gasteiger partial charge in [-0.05, 0) is 81.0 Å². The molecule has 0 unspecified atom stereocenters. The summed E-state index contributed by atoms with van der Waals surface area (Å²) in [5.41, 5.74) is 1.34. The zero-order chi connectivity index (χ0) is 22.1. The van der Waals surface area contributed by atoms with Gasteiger partial charge in [0.25, 0.3) is 0 Å². The van der Waals surface area contributed by atoms with Gasteiger partial charge in [-0.15, -0.1) is 0 Å². The van der Waals surface area contributed by atoms with Crippen LogP contribution in [-0.2, 0) is 6.42 Å². The lowest BCUT2D eigenvalue weighted by molar-refractivity contribution is -0.0337. The first kappa shape index (κ1) is 21.9. The predicted molar refractivity (Wildman–Crippen MR) is 125 cm³/mol. The number of fused-ring (bicyclic) bond motifs is 1. The largest absolute Gasteiger partial charge is 0.493 e. The molecule has 3 heterocycles. The van der Waals surface area contributed by atoms with Crippen LogP contribution in [0.4, 0.5) is 4.79 Å². The summed E-state index contributed by atoms with van der Waals surface area (Å²) >= 11 is 0. The van der Waals surface area contributed by atoms with E-state index < -0.39 is 0 Å². The number of benzene rings is 1. The Labute approximate surface area is 192 Å². The summed E-state index contributed by atoms with van der Waals surface area (Å²) in [5.74, 6) is 2.53. The lowest BCUT2D eigenvalue weighted by Crippen LogP contribution is -2.53. The molecule has 176 valence electrons. The highest BCUT2D eigenvalue weighted by Gasteiger charge is 2.41. The van der Waals surface area contributed by atoms with Crippen LogP contribution in [0, 0.1) is 5.92 Å². The van der Waals surface area contributed by atoms with E-state index in [1.807, 2.05) is 19.0 Å². The molecule has 1 aromatic rings. The third kappa shape index (κ3) is 4.57. The maximum absolute atomic E-state index is 12.1. The lowest BCUT2D eigenvalue weighted by Gasteiger charge is -2.48. The number of amides is 2. The van der Waals surface area contributed by atoms with Gasteiger partial charge in [-0.3, -0.25) is 0 Å². The number of ether oxygens (including phenoxy) is 2. The zero-order valence-electron chi connectivity index (χ0n) is 19.9. The fourth-order valence-corrected chi connectivity index (χ4v) is 5.78. The molecular weight excluding hydrogens is 402 g/mol. The number of hydrogen-bond acceptors (Lipinski definition) is 4. The SMILES string of the molecule is CN(C)C(=O)N1CCC(COc2ccc3c(c2)CCC2(CCN(C4CCC4)CC2)O3)CC1. The third-order valence-corrected chi connectivity index (χ3v) is 8.26. The summed E-state index contributed by atoms with van der Waals surface area (Å²) < 4.78 is 12.8. The van der Waals surface area contributed by atoms with Crippen molar-refractivity contribution in [3.05, 3.63) is 23.8 Å². The molecule has 5 rings (SSSR count). The molecule has 3 aliphatic heterocycles. The minimum atomic E-state index is 0.0492. The fraction of sp³-hybridized carbons (Fsp3) is 0.731. The van der Waals surface area contributed by atoms with Crippen molar-refractivity contribution < 1.29 is 14.3 Å². The summed E-state index contributed by atoms with van der Waals surface area (Å²) in [4.78, 5) is 18.4. The molecule has 2 amide bonds. The van der Waals surface area contributed by atoms with Gasteiger partial charge in [-0.1, -0.05) is 6.42 Å². The number of urea groups is 1. The number of rotatable bonds is 4. The minimum absolute atomic E-state index is 0.0492. The van der Waals surface area contributed by atoms with Crippen LogP contribution in [0.5, 0.6) is 11.5 Å². The van der Waals surface area contributed by atoms with Crippen LogP contribution in [0.2, 0.25) is 0 Å². The second-order valence-electron chi connectivity index (χ2n) is 10.6. The van der Waals surface area contributed by atoms with E-state index >= 15 is 0 Å². The predicted octanol–water partition coefficient (Wildman–Crippen LogP) is 4.17. The molecule has 4 aliphatic rings. The summed E-state index contributed by atoms with van der Waals surface area (Å²) in [6.45, 7) is 4.76. The summed E-state index contributed by atoms with van der Waals surface area (Å²) in [5, 5.41) is 0. The second kappa shape index (κ2) is 9.12. The van der Waals surface area contributed by atoms with E-state index in [0.717, 1.165) is 75.8 Å². The molecule has 3 fully saturated rings. The molecule has 1 saturated carbocycles. The van der Waals surface area contributed by atoms with Crippen molar-refractivity contribution in [2.75, 3.05) is 46.9 Å². The molecule has 0 bridgehead atoms. The van der Waals surface area contributed by atoms with Crippen molar-refractivity contribution in [3.63, 3.8) is 0 Å². The quantitative estimate of drug-likeness (QED) is 0.704. The van der Waals surface area contributed by atoms with Gasteiger partial charge in [0.05, 0.1) is 6.61 Å². The highest BCUT2D eigenvalue weighted by atomic mass is 16.5. The average Bonchev–Trinajstić information content (AvgIpc) is 2.78. The molecule has 0 atom stereocenters. The van der Waals surface area contributed by atoms with Crippen molar-refractivity contribution in [2.24, 2.45) is 5.92 Å². The standard InChI is InChI=1S/C26H39N3O3/c1-27(2)25(30)29-14-9-20(10-15-29)19-31-23-6-7-24-21(18-23)8-11-26(32-24)12-16-28(17-13-26)22-4-3-5-22/h6-7,18,20,22H,3-5,8-17,19H2,1-2H3. The maximum Gasteiger partial charge on any atom is 0.319 e. The Morgan fingerprint density at radius 2 is 1.84 bits per heavy atom. The van der Waals surface area contributed by atoms with Crippen molar-refractivity contribution in [3.8, 4) is 11.5 Å². The molecule has 2 saturated heterocycles. The molecule has 0 N–H and O–H groups in total. The van der Waals surface area contributed by atoms with E-state index in [2.05, 4.69) is 23.1 Å². The average molecular weight is 442 g/mol. The summed E-state index contributed by atoms with van der Waals surface area (Å²) in [6, 6.07) is 7.36. The minimum Gasteiger partial charge on any atom is -0.493 e. The van der Waals surface area contributed by atoms with Gasteiger partial charge >= 0.3 is 6.03 Å². The Morgan fingerprint density at radius 3 is 2.50 bits per heavy atom. The van der Waals surface area contributed by atoms with E-state index in [0.29, 0.717) is 5.92 Å². The topological polar surface area (TPSA) is 45.2 Å². The van der Waals surface area contributed by atoms with Crippen LogP contribution < -0.4 is 9.47 Å². The van der Waals surface area contributed by atoms with Crippen molar-refractivity contribution in [2.45, 2.75) is 69.4 Å². The maximum atomic E-state index is 12.1. The van der Waals surface area contributed by atoms with Crippen LogP contribution in [0.1, 0.15) is 56.9 Å². The molecule has 0 radical (unpaired) electrons. The Kier molecular flexibility index (Phi) is 6.24. The summed E-state index contributed by atoms with van der Waals surface area (Å²) in [7, 11) is 3.63. The van der Waals surface area contributed by atoms with Gasteiger partial charge in [0.1, 0.15) is 17.1 Å². The third-order valence-electron chi connectivity index (χ3n) is 8.26. The van der Waals surface area contributed by atoms with E-state index in [1.54, 1.807) is 4.90 Å². The number of hydrogen-bond donors (Lipinski definition) is 0. The van der Waals surface area contributed by atoms with E-state index in [1.165, 1.54) is 37.9 Å². The van der Waals surface area contributed by atoms with E-state index in [4.69, 9.17) is 9.47 Å². The molecule has 6 nitrogen and oxygen atoms in total.